The SMILES string of the molecule is CSC(C)CCC(=O)O. The topological polar surface area (TPSA) is 37.3 Å². The molecule has 0 aliphatic heterocycles. The molecule has 0 aromatic rings. The molecule has 0 spiro atoms. The van der Waals surface area contributed by atoms with Crippen LogP contribution in [-0.2, 0) is 4.79 Å². The van der Waals surface area contributed by atoms with Gasteiger partial charge in [0.15, 0.2) is 0 Å². The fraction of sp³-hybridized carbons (Fsp3) is 0.833. The van der Waals surface area contributed by atoms with Crippen molar-refractivity contribution in [3.8, 4) is 0 Å². The average molecular weight is 148 g/mol. The Morgan fingerprint density at radius 1 is 1.78 bits per heavy atom. The molecule has 0 amide bonds. The largest absolute Gasteiger partial charge is 0.481 e. The van der Waals surface area contributed by atoms with Gasteiger partial charge in [-0.2, -0.15) is 11.8 Å². The summed E-state index contributed by atoms with van der Waals surface area (Å²) in [5, 5.41) is 8.72. The van der Waals surface area contributed by atoms with E-state index in [4.69, 9.17) is 5.11 Å². The van der Waals surface area contributed by atoms with Crippen LogP contribution in [0.25, 0.3) is 0 Å². The van der Waals surface area contributed by atoms with E-state index in [0.29, 0.717) is 11.7 Å². The third-order valence-corrected chi connectivity index (χ3v) is 2.21. The van der Waals surface area contributed by atoms with Crippen molar-refractivity contribution in [2.75, 3.05) is 6.26 Å². The predicted octanol–water partition coefficient (Wildman–Crippen LogP) is 1.60. The Balaban J connectivity index is 3.16. The first-order chi connectivity index (χ1) is 4.16. The van der Waals surface area contributed by atoms with Crippen LogP contribution < -0.4 is 0 Å². The van der Waals surface area contributed by atoms with E-state index < -0.39 is 5.97 Å². The molecule has 1 unspecified atom stereocenters. The van der Waals surface area contributed by atoms with E-state index in [1.54, 1.807) is 11.8 Å². The summed E-state index contributed by atoms with van der Waals surface area (Å²) in [6.45, 7) is 2.04. The highest BCUT2D eigenvalue weighted by Gasteiger charge is 2.01. The molecule has 9 heavy (non-hydrogen) atoms. The predicted molar refractivity (Wildman–Crippen MR) is 39.8 cm³/mol. The Morgan fingerprint density at radius 2 is 2.33 bits per heavy atom. The first kappa shape index (κ1) is 8.82. The summed E-state index contributed by atoms with van der Waals surface area (Å²) in [4.78, 5) is 10.0. The number of aliphatic carboxylic acids is 1. The molecule has 3 heteroatoms. The molecule has 0 aromatic heterocycles. The van der Waals surface area contributed by atoms with E-state index in [1.807, 2.05) is 13.2 Å². The minimum Gasteiger partial charge on any atom is -0.481 e. The van der Waals surface area contributed by atoms with Gasteiger partial charge in [-0.1, -0.05) is 6.92 Å². The molecular weight excluding hydrogens is 136 g/mol. The quantitative estimate of drug-likeness (QED) is 0.658. The maximum Gasteiger partial charge on any atom is 0.303 e. The first-order valence-electron chi connectivity index (χ1n) is 2.91. The van der Waals surface area contributed by atoms with E-state index in [1.165, 1.54) is 0 Å². The van der Waals surface area contributed by atoms with Gasteiger partial charge >= 0.3 is 5.97 Å². The molecular formula is C6H12O2S. The van der Waals surface area contributed by atoms with Crippen molar-refractivity contribution in [2.45, 2.75) is 25.0 Å². The number of thioether (sulfide) groups is 1. The van der Waals surface area contributed by atoms with Crippen molar-refractivity contribution in [3.05, 3.63) is 0 Å². The zero-order chi connectivity index (χ0) is 7.28. The lowest BCUT2D eigenvalue weighted by molar-refractivity contribution is -0.137. The summed E-state index contributed by atoms with van der Waals surface area (Å²) >= 11 is 1.70. The highest BCUT2D eigenvalue weighted by Crippen LogP contribution is 2.10. The van der Waals surface area contributed by atoms with Gasteiger partial charge in [-0.3, -0.25) is 4.79 Å². The van der Waals surface area contributed by atoms with Crippen LogP contribution in [0.1, 0.15) is 19.8 Å². The van der Waals surface area contributed by atoms with Gasteiger partial charge in [0.05, 0.1) is 0 Å². The molecule has 1 atom stereocenters. The Labute approximate surface area is 59.6 Å². The zero-order valence-electron chi connectivity index (χ0n) is 5.76. The van der Waals surface area contributed by atoms with Crippen LogP contribution in [0.15, 0.2) is 0 Å². The van der Waals surface area contributed by atoms with Crippen molar-refractivity contribution in [1.82, 2.24) is 0 Å². The number of carboxylic acid groups (broad SMARTS) is 1. The molecule has 0 aliphatic carbocycles. The van der Waals surface area contributed by atoms with E-state index in [-0.39, 0.29) is 0 Å². The highest BCUT2D eigenvalue weighted by atomic mass is 32.2. The number of hydrogen-bond acceptors (Lipinski definition) is 2. The van der Waals surface area contributed by atoms with E-state index in [2.05, 4.69) is 0 Å². The number of hydrogen-bond donors (Lipinski definition) is 1. The summed E-state index contributed by atoms with van der Waals surface area (Å²) in [6.07, 6.45) is 3.06. The van der Waals surface area contributed by atoms with Gasteiger partial charge in [-0.05, 0) is 12.7 Å². The Morgan fingerprint density at radius 3 is 2.67 bits per heavy atom. The molecule has 2 nitrogen and oxygen atoms in total. The number of rotatable bonds is 4. The molecule has 0 aliphatic rings. The fourth-order valence-corrected chi connectivity index (χ4v) is 0.798. The lowest BCUT2D eigenvalue weighted by Crippen LogP contribution is -2.01. The van der Waals surface area contributed by atoms with Gasteiger partial charge in [0.2, 0.25) is 0 Å². The molecule has 0 bridgehead atoms. The standard InChI is InChI=1S/C6H12O2S/c1-5(9-2)3-4-6(7)8/h5H,3-4H2,1-2H3,(H,7,8). The van der Waals surface area contributed by atoms with Gasteiger partial charge in [0, 0.05) is 11.7 Å². The van der Waals surface area contributed by atoms with E-state index in [0.717, 1.165) is 6.42 Å². The molecule has 54 valence electrons. The summed E-state index contributed by atoms with van der Waals surface area (Å²) in [5.74, 6) is -0.698. The smallest absolute Gasteiger partial charge is 0.303 e. The number of carbonyl (C=O) groups is 1. The summed E-state index contributed by atoms with van der Waals surface area (Å²) in [6, 6.07) is 0. The maximum atomic E-state index is 10.0. The van der Waals surface area contributed by atoms with Gasteiger partial charge in [0.1, 0.15) is 0 Å². The van der Waals surface area contributed by atoms with Gasteiger partial charge < -0.3 is 5.11 Å². The molecule has 0 rings (SSSR count). The lowest BCUT2D eigenvalue weighted by atomic mass is 10.2. The van der Waals surface area contributed by atoms with Crippen molar-refractivity contribution in [3.63, 3.8) is 0 Å². The Hall–Kier alpha value is -0.180. The second-order valence-corrected chi connectivity index (χ2v) is 3.25. The van der Waals surface area contributed by atoms with Crippen LogP contribution in [-0.4, -0.2) is 22.6 Å². The molecule has 0 saturated heterocycles. The van der Waals surface area contributed by atoms with Crippen LogP contribution >= 0.6 is 11.8 Å². The van der Waals surface area contributed by atoms with Crippen LogP contribution in [0, 0.1) is 0 Å². The van der Waals surface area contributed by atoms with Crippen LogP contribution in [0.2, 0.25) is 0 Å². The molecule has 0 heterocycles. The molecule has 1 N–H and O–H groups in total. The van der Waals surface area contributed by atoms with E-state index >= 15 is 0 Å². The van der Waals surface area contributed by atoms with Crippen LogP contribution in [0.5, 0.6) is 0 Å². The zero-order valence-corrected chi connectivity index (χ0v) is 6.57. The van der Waals surface area contributed by atoms with Gasteiger partial charge in [-0.25, -0.2) is 0 Å². The first-order valence-corrected chi connectivity index (χ1v) is 4.20. The minimum absolute atomic E-state index is 0.294. The van der Waals surface area contributed by atoms with Crippen molar-refractivity contribution in [2.24, 2.45) is 0 Å². The number of carboxylic acids is 1. The Kier molecular flexibility index (Phi) is 4.58. The van der Waals surface area contributed by atoms with Crippen LogP contribution in [0.4, 0.5) is 0 Å². The maximum absolute atomic E-state index is 10.0. The van der Waals surface area contributed by atoms with E-state index in [9.17, 15) is 4.79 Å². The lowest BCUT2D eigenvalue weighted by Gasteiger charge is -2.03. The van der Waals surface area contributed by atoms with Crippen molar-refractivity contribution >= 4 is 17.7 Å². The van der Waals surface area contributed by atoms with Crippen LogP contribution in [0.3, 0.4) is 0 Å². The monoisotopic (exact) mass is 148 g/mol. The fourth-order valence-electron chi connectivity index (χ4n) is 0.445. The highest BCUT2D eigenvalue weighted by molar-refractivity contribution is 7.99. The van der Waals surface area contributed by atoms with Gasteiger partial charge in [0.25, 0.3) is 0 Å². The summed E-state index contributed by atoms with van der Waals surface area (Å²) in [5.41, 5.74) is 0. The summed E-state index contributed by atoms with van der Waals surface area (Å²) in [7, 11) is 0. The van der Waals surface area contributed by atoms with Gasteiger partial charge in [-0.15, -0.1) is 0 Å². The Bertz CT molecular complexity index is 93.1. The molecule has 0 aromatic carbocycles. The second kappa shape index (κ2) is 4.68. The summed E-state index contributed by atoms with van der Waals surface area (Å²) < 4.78 is 0. The second-order valence-electron chi connectivity index (χ2n) is 1.98. The minimum atomic E-state index is -0.698. The average Bonchev–Trinajstić information content (AvgIpc) is 1.83. The van der Waals surface area contributed by atoms with Crippen molar-refractivity contribution < 1.29 is 9.90 Å². The third kappa shape index (κ3) is 5.69. The molecule has 0 fully saturated rings. The molecule has 0 saturated carbocycles. The molecule has 0 radical (unpaired) electrons. The third-order valence-electron chi connectivity index (χ3n) is 1.17. The normalized spacial score (nSPS) is 13.1. The van der Waals surface area contributed by atoms with Crippen molar-refractivity contribution in [1.29, 1.82) is 0 Å².